The van der Waals surface area contributed by atoms with Gasteiger partial charge < -0.3 is 9.67 Å². The first-order valence-corrected chi connectivity index (χ1v) is 4.26. The predicted molar refractivity (Wildman–Crippen MR) is 50.3 cm³/mol. The fourth-order valence-corrected chi connectivity index (χ4v) is 1.16. The van der Waals surface area contributed by atoms with Crippen LogP contribution in [0.3, 0.4) is 0 Å². The van der Waals surface area contributed by atoms with Gasteiger partial charge in [-0.25, -0.2) is 9.78 Å². The highest BCUT2D eigenvalue weighted by atomic mass is 16.4. The molecule has 0 unspecified atom stereocenters. The molecule has 0 aliphatic rings. The first-order chi connectivity index (χ1) is 7.25. The van der Waals surface area contributed by atoms with Crippen LogP contribution in [0.5, 0.6) is 0 Å². The smallest absolute Gasteiger partial charge is 0.354 e. The molecule has 0 aromatic carbocycles. The quantitative estimate of drug-likeness (QED) is 0.783. The summed E-state index contributed by atoms with van der Waals surface area (Å²) in [7, 11) is 0. The molecule has 0 fully saturated rings. The largest absolute Gasteiger partial charge is 0.477 e. The van der Waals surface area contributed by atoms with E-state index in [9.17, 15) is 4.79 Å². The first-order valence-electron chi connectivity index (χ1n) is 4.26. The molecule has 2 aromatic rings. The van der Waals surface area contributed by atoms with Crippen LogP contribution in [0.1, 0.15) is 16.1 Å². The van der Waals surface area contributed by atoms with Crippen LogP contribution in [0.25, 0.3) is 0 Å². The summed E-state index contributed by atoms with van der Waals surface area (Å²) < 4.78 is 1.78. The van der Waals surface area contributed by atoms with Gasteiger partial charge in [-0.1, -0.05) is 6.07 Å². The Balaban J connectivity index is 2.14. The summed E-state index contributed by atoms with van der Waals surface area (Å²) in [6, 6.07) is 3.19. The maximum atomic E-state index is 10.5. The molecule has 0 amide bonds. The van der Waals surface area contributed by atoms with E-state index in [0.717, 1.165) is 5.56 Å². The zero-order valence-electron chi connectivity index (χ0n) is 7.74. The standard InChI is InChI=1S/C9H8N4O2/c14-9(15)8-2-1-7(3-10-8)4-13-5-11-12-6-13/h1-3,5-6H,4H2,(H,14,15). The van der Waals surface area contributed by atoms with Crippen LogP contribution < -0.4 is 0 Å². The number of aromatic nitrogens is 4. The van der Waals surface area contributed by atoms with E-state index in [2.05, 4.69) is 15.2 Å². The van der Waals surface area contributed by atoms with E-state index in [1.54, 1.807) is 23.3 Å². The number of hydrogen-bond donors (Lipinski definition) is 1. The summed E-state index contributed by atoms with van der Waals surface area (Å²) in [4.78, 5) is 14.3. The highest BCUT2D eigenvalue weighted by Crippen LogP contribution is 2.02. The van der Waals surface area contributed by atoms with Gasteiger partial charge in [0.1, 0.15) is 18.3 Å². The maximum absolute atomic E-state index is 10.5. The fourth-order valence-electron chi connectivity index (χ4n) is 1.16. The molecular weight excluding hydrogens is 196 g/mol. The van der Waals surface area contributed by atoms with E-state index in [0.29, 0.717) is 6.54 Å². The van der Waals surface area contributed by atoms with Crippen molar-refractivity contribution in [3.05, 3.63) is 42.2 Å². The van der Waals surface area contributed by atoms with Gasteiger partial charge in [0, 0.05) is 6.20 Å². The summed E-state index contributed by atoms with van der Waals surface area (Å²) in [5.74, 6) is -1.02. The Labute approximate surface area is 85.2 Å². The average molecular weight is 204 g/mol. The Morgan fingerprint density at radius 2 is 2.07 bits per heavy atom. The fraction of sp³-hybridized carbons (Fsp3) is 0.111. The van der Waals surface area contributed by atoms with Gasteiger partial charge in [-0.05, 0) is 11.6 Å². The molecule has 76 valence electrons. The van der Waals surface area contributed by atoms with Crippen LogP contribution in [0.15, 0.2) is 31.0 Å². The number of hydrogen-bond acceptors (Lipinski definition) is 4. The number of nitrogens with zero attached hydrogens (tertiary/aromatic N) is 4. The Kier molecular flexibility index (Phi) is 2.40. The summed E-state index contributed by atoms with van der Waals surface area (Å²) >= 11 is 0. The number of carbonyl (C=O) groups is 1. The van der Waals surface area contributed by atoms with Crippen molar-refractivity contribution in [2.24, 2.45) is 0 Å². The lowest BCUT2D eigenvalue weighted by molar-refractivity contribution is 0.0690. The molecule has 2 heterocycles. The molecule has 6 nitrogen and oxygen atoms in total. The molecule has 0 bridgehead atoms. The second-order valence-corrected chi connectivity index (χ2v) is 2.99. The van der Waals surface area contributed by atoms with Crippen molar-refractivity contribution in [3.8, 4) is 0 Å². The topological polar surface area (TPSA) is 80.9 Å². The zero-order valence-corrected chi connectivity index (χ0v) is 7.74. The molecule has 0 saturated heterocycles. The third kappa shape index (κ3) is 2.16. The summed E-state index contributed by atoms with van der Waals surface area (Å²) in [6.07, 6.45) is 4.71. The number of rotatable bonds is 3. The molecule has 0 atom stereocenters. The lowest BCUT2D eigenvalue weighted by Crippen LogP contribution is -2.02. The van der Waals surface area contributed by atoms with Crippen LogP contribution in [-0.4, -0.2) is 30.8 Å². The van der Waals surface area contributed by atoms with Crippen molar-refractivity contribution < 1.29 is 9.90 Å². The van der Waals surface area contributed by atoms with Gasteiger partial charge in [0.15, 0.2) is 0 Å². The van der Waals surface area contributed by atoms with Crippen molar-refractivity contribution in [1.82, 2.24) is 19.7 Å². The number of carboxylic acids is 1. The number of aromatic carboxylic acids is 1. The van der Waals surface area contributed by atoms with Crippen LogP contribution in [-0.2, 0) is 6.54 Å². The molecule has 0 radical (unpaired) electrons. The Hall–Kier alpha value is -2.24. The molecule has 0 aliphatic heterocycles. The Bertz CT molecular complexity index is 449. The molecule has 15 heavy (non-hydrogen) atoms. The Morgan fingerprint density at radius 1 is 1.33 bits per heavy atom. The third-order valence-corrected chi connectivity index (χ3v) is 1.88. The summed E-state index contributed by atoms with van der Waals surface area (Å²) in [5, 5.41) is 16.0. The Morgan fingerprint density at radius 3 is 2.60 bits per heavy atom. The highest BCUT2D eigenvalue weighted by molar-refractivity contribution is 5.85. The summed E-state index contributed by atoms with van der Waals surface area (Å²) in [6.45, 7) is 0.583. The molecular formula is C9H8N4O2. The van der Waals surface area contributed by atoms with Crippen molar-refractivity contribution in [2.45, 2.75) is 6.54 Å². The highest BCUT2D eigenvalue weighted by Gasteiger charge is 2.03. The maximum Gasteiger partial charge on any atom is 0.354 e. The minimum atomic E-state index is -1.02. The first kappa shape index (κ1) is 9.32. The minimum Gasteiger partial charge on any atom is -0.477 e. The van der Waals surface area contributed by atoms with Gasteiger partial charge in [-0.2, -0.15) is 0 Å². The molecule has 1 N–H and O–H groups in total. The van der Waals surface area contributed by atoms with Crippen molar-refractivity contribution >= 4 is 5.97 Å². The van der Waals surface area contributed by atoms with Crippen LogP contribution in [0.2, 0.25) is 0 Å². The van der Waals surface area contributed by atoms with Gasteiger partial charge in [0.25, 0.3) is 0 Å². The number of pyridine rings is 1. The van der Waals surface area contributed by atoms with Gasteiger partial charge in [-0.15, -0.1) is 10.2 Å². The van der Waals surface area contributed by atoms with Gasteiger partial charge in [-0.3, -0.25) is 0 Å². The van der Waals surface area contributed by atoms with Crippen molar-refractivity contribution in [3.63, 3.8) is 0 Å². The van der Waals surface area contributed by atoms with E-state index in [1.165, 1.54) is 12.3 Å². The molecule has 2 rings (SSSR count). The van der Waals surface area contributed by atoms with E-state index in [1.807, 2.05) is 0 Å². The van der Waals surface area contributed by atoms with Crippen LogP contribution in [0, 0.1) is 0 Å². The monoisotopic (exact) mass is 204 g/mol. The van der Waals surface area contributed by atoms with E-state index in [-0.39, 0.29) is 5.69 Å². The molecule has 2 aromatic heterocycles. The second kappa shape index (κ2) is 3.87. The van der Waals surface area contributed by atoms with E-state index in [4.69, 9.17) is 5.11 Å². The zero-order chi connectivity index (χ0) is 10.7. The van der Waals surface area contributed by atoms with Crippen LogP contribution >= 0.6 is 0 Å². The van der Waals surface area contributed by atoms with Crippen molar-refractivity contribution in [2.75, 3.05) is 0 Å². The minimum absolute atomic E-state index is 0.0440. The summed E-state index contributed by atoms with van der Waals surface area (Å²) in [5.41, 5.74) is 0.947. The second-order valence-electron chi connectivity index (χ2n) is 2.99. The molecule has 6 heteroatoms. The lowest BCUT2D eigenvalue weighted by Gasteiger charge is -2.01. The van der Waals surface area contributed by atoms with Crippen LogP contribution in [0.4, 0.5) is 0 Å². The number of carboxylic acid groups (broad SMARTS) is 1. The predicted octanol–water partition coefficient (Wildman–Crippen LogP) is 0.420. The molecule has 0 saturated carbocycles. The SMILES string of the molecule is O=C(O)c1ccc(Cn2cnnc2)cn1. The van der Waals surface area contributed by atoms with Crippen molar-refractivity contribution in [1.29, 1.82) is 0 Å². The van der Waals surface area contributed by atoms with Gasteiger partial charge >= 0.3 is 5.97 Å². The van der Waals surface area contributed by atoms with E-state index < -0.39 is 5.97 Å². The van der Waals surface area contributed by atoms with Gasteiger partial charge in [0.05, 0.1) is 6.54 Å². The average Bonchev–Trinajstić information content (AvgIpc) is 2.71. The molecule has 0 spiro atoms. The lowest BCUT2D eigenvalue weighted by atomic mass is 10.2. The molecule has 0 aliphatic carbocycles. The normalized spacial score (nSPS) is 10.1. The third-order valence-electron chi connectivity index (χ3n) is 1.88. The van der Waals surface area contributed by atoms with E-state index >= 15 is 0 Å². The van der Waals surface area contributed by atoms with Gasteiger partial charge in [0.2, 0.25) is 0 Å².